The van der Waals surface area contributed by atoms with Crippen molar-refractivity contribution in [2.24, 2.45) is 0 Å². The molecule has 0 amide bonds. The molecule has 2 rings (SSSR count). The SMILES string of the molecule is CC(=O)c1cc2c(Br)cc(Br)c(O)c2o1. The smallest absolute Gasteiger partial charge is 0.194 e. The van der Waals surface area contributed by atoms with Gasteiger partial charge in [0, 0.05) is 16.8 Å². The van der Waals surface area contributed by atoms with Crippen molar-refractivity contribution in [2.75, 3.05) is 0 Å². The molecule has 78 valence electrons. The van der Waals surface area contributed by atoms with Crippen molar-refractivity contribution >= 4 is 48.6 Å². The molecule has 2 aromatic rings. The number of hydrogen-bond acceptors (Lipinski definition) is 3. The van der Waals surface area contributed by atoms with Gasteiger partial charge in [-0.05, 0) is 44.0 Å². The summed E-state index contributed by atoms with van der Waals surface area (Å²) in [6.07, 6.45) is 0. The van der Waals surface area contributed by atoms with Crippen molar-refractivity contribution in [2.45, 2.75) is 6.92 Å². The third kappa shape index (κ3) is 1.70. The molecule has 1 aromatic heterocycles. The summed E-state index contributed by atoms with van der Waals surface area (Å²) in [6.45, 7) is 1.41. The summed E-state index contributed by atoms with van der Waals surface area (Å²) < 4.78 is 6.54. The lowest BCUT2D eigenvalue weighted by Gasteiger charge is -1.98. The highest BCUT2D eigenvalue weighted by molar-refractivity contribution is 9.11. The van der Waals surface area contributed by atoms with Crippen molar-refractivity contribution < 1.29 is 14.3 Å². The van der Waals surface area contributed by atoms with Crippen molar-refractivity contribution in [1.82, 2.24) is 0 Å². The van der Waals surface area contributed by atoms with E-state index in [2.05, 4.69) is 31.9 Å². The summed E-state index contributed by atoms with van der Waals surface area (Å²) in [5.74, 6) is 0.0634. The van der Waals surface area contributed by atoms with Gasteiger partial charge in [-0.2, -0.15) is 0 Å². The van der Waals surface area contributed by atoms with Crippen molar-refractivity contribution in [1.29, 1.82) is 0 Å². The number of ketones is 1. The summed E-state index contributed by atoms with van der Waals surface area (Å²) in [5, 5.41) is 10.4. The lowest BCUT2D eigenvalue weighted by atomic mass is 10.2. The van der Waals surface area contributed by atoms with Gasteiger partial charge in [0.2, 0.25) is 0 Å². The minimum Gasteiger partial charge on any atom is -0.503 e. The zero-order valence-electron chi connectivity index (χ0n) is 7.67. The second kappa shape index (κ2) is 3.64. The predicted molar refractivity (Wildman–Crippen MR) is 63.3 cm³/mol. The molecule has 1 heterocycles. The summed E-state index contributed by atoms with van der Waals surface area (Å²) in [5.41, 5.74) is 0.307. The Morgan fingerprint density at radius 1 is 1.33 bits per heavy atom. The number of Topliss-reactive ketones (excluding diaryl/α,β-unsaturated/α-hetero) is 1. The van der Waals surface area contributed by atoms with E-state index in [1.165, 1.54) is 6.92 Å². The van der Waals surface area contributed by atoms with Gasteiger partial charge in [-0.15, -0.1) is 0 Å². The maximum absolute atomic E-state index is 11.1. The Kier molecular flexibility index (Phi) is 2.60. The number of carbonyl (C=O) groups is 1. The first-order valence-electron chi connectivity index (χ1n) is 4.12. The van der Waals surface area contributed by atoms with Crippen LogP contribution >= 0.6 is 31.9 Å². The first-order chi connectivity index (χ1) is 7.00. The Morgan fingerprint density at radius 3 is 2.60 bits per heavy atom. The van der Waals surface area contributed by atoms with Gasteiger partial charge in [0.25, 0.3) is 0 Å². The van der Waals surface area contributed by atoms with Crippen molar-refractivity contribution in [3.8, 4) is 5.75 Å². The molecule has 0 fully saturated rings. The molecular weight excluding hydrogens is 328 g/mol. The Morgan fingerprint density at radius 2 is 2.00 bits per heavy atom. The standard InChI is InChI=1S/C10H6Br2O3/c1-4(13)8-2-5-6(11)3-7(12)9(14)10(5)15-8/h2-3,14H,1H3. The normalized spacial score (nSPS) is 10.9. The predicted octanol–water partition coefficient (Wildman–Crippen LogP) is 3.87. The molecule has 0 bridgehead atoms. The highest BCUT2D eigenvalue weighted by Crippen LogP contribution is 2.39. The zero-order valence-corrected chi connectivity index (χ0v) is 10.8. The maximum Gasteiger partial charge on any atom is 0.194 e. The summed E-state index contributed by atoms with van der Waals surface area (Å²) >= 11 is 6.52. The van der Waals surface area contributed by atoms with Crippen molar-refractivity contribution in [3.05, 3.63) is 26.8 Å². The molecule has 0 unspecified atom stereocenters. The first kappa shape index (κ1) is 10.7. The molecule has 0 aliphatic heterocycles. The minimum absolute atomic E-state index is 0.000648. The minimum atomic E-state index is -0.173. The molecule has 5 heteroatoms. The summed E-state index contributed by atoms with van der Waals surface area (Å²) in [7, 11) is 0. The third-order valence-electron chi connectivity index (χ3n) is 2.03. The van der Waals surface area contributed by atoms with Crippen LogP contribution in [0.1, 0.15) is 17.5 Å². The molecule has 0 saturated carbocycles. The van der Waals surface area contributed by atoms with Gasteiger partial charge < -0.3 is 9.52 Å². The fourth-order valence-corrected chi connectivity index (χ4v) is 2.52. The van der Waals surface area contributed by atoms with E-state index in [0.29, 0.717) is 15.4 Å². The molecule has 0 saturated heterocycles. The van der Waals surface area contributed by atoms with E-state index in [9.17, 15) is 9.90 Å². The summed E-state index contributed by atoms with van der Waals surface area (Å²) in [4.78, 5) is 11.1. The first-order valence-corrected chi connectivity index (χ1v) is 5.70. The number of carbonyl (C=O) groups excluding carboxylic acids is 1. The Hall–Kier alpha value is -0.810. The van der Waals surface area contributed by atoms with Crippen LogP contribution in [0.5, 0.6) is 5.75 Å². The Labute approximate surface area is 102 Å². The lowest BCUT2D eigenvalue weighted by Crippen LogP contribution is -1.85. The van der Waals surface area contributed by atoms with Gasteiger partial charge >= 0.3 is 0 Å². The largest absolute Gasteiger partial charge is 0.503 e. The molecule has 3 nitrogen and oxygen atoms in total. The van der Waals surface area contributed by atoms with Crippen LogP contribution < -0.4 is 0 Å². The van der Waals surface area contributed by atoms with Crippen LogP contribution in [-0.2, 0) is 0 Å². The van der Waals surface area contributed by atoms with E-state index >= 15 is 0 Å². The quantitative estimate of drug-likeness (QED) is 0.806. The van der Waals surface area contributed by atoms with Gasteiger partial charge in [-0.3, -0.25) is 4.79 Å². The number of furan rings is 1. The number of aromatic hydroxyl groups is 1. The Bertz CT molecular complexity index is 557. The number of halogens is 2. The number of benzene rings is 1. The average Bonchev–Trinajstić information content (AvgIpc) is 2.59. The van der Waals surface area contributed by atoms with E-state index in [1.54, 1.807) is 12.1 Å². The van der Waals surface area contributed by atoms with E-state index < -0.39 is 0 Å². The molecule has 1 N–H and O–H groups in total. The zero-order chi connectivity index (χ0) is 11.2. The maximum atomic E-state index is 11.1. The van der Waals surface area contributed by atoms with Gasteiger partial charge in [0.05, 0.1) is 4.47 Å². The number of phenols is 1. The van der Waals surface area contributed by atoms with E-state index in [4.69, 9.17) is 4.42 Å². The fraction of sp³-hybridized carbons (Fsp3) is 0.100. The number of rotatable bonds is 1. The third-order valence-corrected chi connectivity index (χ3v) is 3.29. The molecule has 1 aromatic carbocycles. The second-order valence-corrected chi connectivity index (χ2v) is 4.81. The number of hydrogen-bond donors (Lipinski definition) is 1. The molecular formula is C10H6Br2O3. The number of fused-ring (bicyclic) bond motifs is 1. The molecule has 0 aliphatic carbocycles. The highest BCUT2D eigenvalue weighted by Gasteiger charge is 2.15. The van der Waals surface area contributed by atoms with Gasteiger partial charge in [-0.25, -0.2) is 0 Å². The molecule has 0 spiro atoms. The van der Waals surface area contributed by atoms with Crippen LogP contribution in [0.4, 0.5) is 0 Å². The molecule has 15 heavy (non-hydrogen) atoms. The molecule has 0 aliphatic rings. The van der Waals surface area contributed by atoms with E-state index in [0.717, 1.165) is 4.47 Å². The van der Waals surface area contributed by atoms with E-state index in [1.807, 2.05) is 0 Å². The van der Waals surface area contributed by atoms with Crippen LogP contribution in [0.3, 0.4) is 0 Å². The number of phenolic OH excluding ortho intramolecular Hbond substituents is 1. The van der Waals surface area contributed by atoms with Crippen molar-refractivity contribution in [3.63, 3.8) is 0 Å². The van der Waals surface area contributed by atoms with Crippen LogP contribution in [0.2, 0.25) is 0 Å². The van der Waals surface area contributed by atoms with Crippen LogP contribution in [0.15, 0.2) is 25.5 Å². The lowest BCUT2D eigenvalue weighted by molar-refractivity contribution is 0.0989. The van der Waals surface area contributed by atoms with E-state index in [-0.39, 0.29) is 17.3 Å². The molecule has 0 atom stereocenters. The Balaban J connectivity index is 2.85. The monoisotopic (exact) mass is 332 g/mol. The molecule has 0 radical (unpaired) electrons. The second-order valence-electron chi connectivity index (χ2n) is 3.10. The topological polar surface area (TPSA) is 50.4 Å². The van der Waals surface area contributed by atoms with Crippen LogP contribution in [0.25, 0.3) is 11.0 Å². The highest BCUT2D eigenvalue weighted by atomic mass is 79.9. The average molecular weight is 334 g/mol. The van der Waals surface area contributed by atoms with Crippen LogP contribution in [0, 0.1) is 0 Å². The van der Waals surface area contributed by atoms with Crippen LogP contribution in [-0.4, -0.2) is 10.9 Å². The van der Waals surface area contributed by atoms with Gasteiger partial charge in [0.15, 0.2) is 22.9 Å². The van der Waals surface area contributed by atoms with Gasteiger partial charge in [0.1, 0.15) is 0 Å². The fourth-order valence-electron chi connectivity index (χ4n) is 1.28. The summed E-state index contributed by atoms with van der Waals surface area (Å²) in [6, 6.07) is 3.31. The van der Waals surface area contributed by atoms with Gasteiger partial charge in [-0.1, -0.05) is 0 Å².